The second kappa shape index (κ2) is 3.26. The predicted octanol–water partition coefficient (Wildman–Crippen LogP) is 1.50. The summed E-state index contributed by atoms with van der Waals surface area (Å²) in [5.74, 6) is 0. The first kappa shape index (κ1) is 7.79. The van der Waals surface area contributed by atoms with E-state index in [9.17, 15) is 4.79 Å². The number of fused-ring (bicyclic) bond motifs is 1. The third kappa shape index (κ3) is 1.51. The van der Waals surface area contributed by atoms with Crippen LogP contribution in [0.3, 0.4) is 0 Å². The Morgan fingerprint density at radius 2 is 2.46 bits per heavy atom. The van der Waals surface area contributed by atoms with Gasteiger partial charge in [-0.1, -0.05) is 11.2 Å². The van der Waals surface area contributed by atoms with Crippen LogP contribution in [0, 0.1) is 0 Å². The van der Waals surface area contributed by atoms with Crippen LogP contribution >= 0.6 is 0 Å². The number of carbonyl (C=O) groups is 1. The number of benzene rings is 1. The molecule has 0 unspecified atom stereocenters. The molecular weight excluding hydrogens is 170 g/mol. The Balaban J connectivity index is 2.31. The van der Waals surface area contributed by atoms with E-state index in [1.54, 1.807) is 12.3 Å². The number of rotatable bonds is 3. The predicted molar refractivity (Wildman–Crippen MR) is 44.9 cm³/mol. The molecule has 2 rings (SSSR count). The monoisotopic (exact) mass is 177 g/mol. The molecule has 4 heteroatoms. The van der Waals surface area contributed by atoms with E-state index in [1.807, 2.05) is 12.1 Å². The molecule has 0 aliphatic carbocycles. The smallest absolute Gasteiger partial charge is 0.293 e. The first-order valence-electron chi connectivity index (χ1n) is 3.79. The minimum atomic E-state index is 0.282. The zero-order valence-corrected chi connectivity index (χ0v) is 6.77. The second-order valence-corrected chi connectivity index (χ2v) is 2.61. The summed E-state index contributed by atoms with van der Waals surface area (Å²) in [4.78, 5) is 9.94. The summed E-state index contributed by atoms with van der Waals surface area (Å²) in [6.45, 7) is 0.711. The largest absolute Gasteiger partial charge is 0.463 e. The molecule has 1 heterocycles. The van der Waals surface area contributed by atoms with Crippen LogP contribution in [0.4, 0.5) is 0 Å². The fourth-order valence-corrected chi connectivity index (χ4v) is 1.14. The molecule has 0 spiro atoms. The van der Waals surface area contributed by atoms with E-state index in [2.05, 4.69) is 9.89 Å². The fourth-order valence-electron chi connectivity index (χ4n) is 1.14. The van der Waals surface area contributed by atoms with Gasteiger partial charge in [-0.2, -0.15) is 0 Å². The maximum Gasteiger partial charge on any atom is 0.293 e. The normalized spacial score (nSPS) is 10.2. The Labute approximate surface area is 74.1 Å². The van der Waals surface area contributed by atoms with Gasteiger partial charge in [-0.3, -0.25) is 4.79 Å². The molecule has 0 amide bonds. The van der Waals surface area contributed by atoms with Gasteiger partial charge >= 0.3 is 0 Å². The Hall–Kier alpha value is -1.84. The Bertz CT molecular complexity index is 421. The first-order chi connectivity index (χ1) is 6.40. The molecule has 4 nitrogen and oxygen atoms in total. The Morgan fingerprint density at radius 1 is 1.54 bits per heavy atom. The highest BCUT2D eigenvalue weighted by molar-refractivity contribution is 5.76. The zero-order valence-electron chi connectivity index (χ0n) is 6.77. The third-order valence-corrected chi connectivity index (χ3v) is 1.74. The van der Waals surface area contributed by atoms with Crippen LogP contribution in [-0.4, -0.2) is 11.6 Å². The summed E-state index contributed by atoms with van der Waals surface area (Å²) in [5.41, 5.74) is 1.65. The molecule has 1 aromatic carbocycles. The molecule has 0 saturated carbocycles. The topological polar surface area (TPSA) is 52.3 Å². The van der Waals surface area contributed by atoms with Crippen molar-refractivity contribution in [2.75, 3.05) is 0 Å². The van der Waals surface area contributed by atoms with Gasteiger partial charge in [0.2, 0.25) is 0 Å². The van der Waals surface area contributed by atoms with Crippen molar-refractivity contribution in [3.8, 4) is 0 Å². The molecule has 13 heavy (non-hydrogen) atoms. The van der Waals surface area contributed by atoms with Crippen molar-refractivity contribution in [1.29, 1.82) is 0 Å². The van der Waals surface area contributed by atoms with Gasteiger partial charge in [0.05, 0.1) is 6.20 Å². The van der Waals surface area contributed by atoms with Crippen molar-refractivity contribution in [3.63, 3.8) is 0 Å². The SMILES string of the molecule is O=COCc1ccc2oncc2c1. The summed E-state index contributed by atoms with van der Waals surface area (Å²) in [6.07, 6.45) is 1.62. The maximum atomic E-state index is 9.94. The quantitative estimate of drug-likeness (QED) is 0.666. The van der Waals surface area contributed by atoms with Crippen LogP contribution < -0.4 is 0 Å². The van der Waals surface area contributed by atoms with Crippen LogP contribution in [-0.2, 0) is 16.1 Å². The van der Waals surface area contributed by atoms with Crippen molar-refractivity contribution in [2.24, 2.45) is 0 Å². The molecule has 0 N–H and O–H groups in total. The van der Waals surface area contributed by atoms with E-state index < -0.39 is 0 Å². The van der Waals surface area contributed by atoms with Gasteiger partial charge in [-0.05, 0) is 17.7 Å². The summed E-state index contributed by atoms with van der Waals surface area (Å²) in [5, 5.41) is 4.55. The summed E-state index contributed by atoms with van der Waals surface area (Å²) in [6, 6.07) is 5.50. The summed E-state index contributed by atoms with van der Waals surface area (Å²) in [7, 11) is 0. The number of carbonyl (C=O) groups excluding carboxylic acids is 1. The Kier molecular flexibility index (Phi) is 1.96. The highest BCUT2D eigenvalue weighted by Crippen LogP contribution is 2.15. The molecule has 2 aromatic rings. The molecule has 0 fully saturated rings. The van der Waals surface area contributed by atoms with Gasteiger partial charge in [-0.15, -0.1) is 0 Å². The average molecular weight is 177 g/mol. The van der Waals surface area contributed by atoms with E-state index >= 15 is 0 Å². The highest BCUT2D eigenvalue weighted by atomic mass is 16.5. The molecule has 0 aliphatic heterocycles. The van der Waals surface area contributed by atoms with Crippen molar-refractivity contribution in [1.82, 2.24) is 5.16 Å². The fraction of sp³-hybridized carbons (Fsp3) is 0.111. The number of hydrogen-bond acceptors (Lipinski definition) is 4. The van der Waals surface area contributed by atoms with Gasteiger partial charge in [0.1, 0.15) is 6.61 Å². The summed E-state index contributed by atoms with van der Waals surface area (Å²) >= 11 is 0. The van der Waals surface area contributed by atoms with Crippen molar-refractivity contribution < 1.29 is 14.1 Å². The van der Waals surface area contributed by atoms with E-state index in [0.717, 1.165) is 16.5 Å². The van der Waals surface area contributed by atoms with Crippen LogP contribution in [0.15, 0.2) is 28.9 Å². The lowest BCUT2D eigenvalue weighted by Crippen LogP contribution is -1.88. The number of aromatic nitrogens is 1. The lowest BCUT2D eigenvalue weighted by molar-refractivity contribution is -0.129. The van der Waals surface area contributed by atoms with Gasteiger partial charge in [-0.25, -0.2) is 0 Å². The minimum Gasteiger partial charge on any atom is -0.463 e. The van der Waals surface area contributed by atoms with Gasteiger partial charge in [0.25, 0.3) is 6.47 Å². The highest BCUT2D eigenvalue weighted by Gasteiger charge is 1.99. The molecular formula is C9H7NO3. The van der Waals surface area contributed by atoms with Gasteiger partial charge in [0, 0.05) is 5.39 Å². The van der Waals surface area contributed by atoms with Crippen molar-refractivity contribution in [2.45, 2.75) is 6.61 Å². The molecule has 0 atom stereocenters. The molecule has 0 aliphatic rings. The molecule has 0 bridgehead atoms. The average Bonchev–Trinajstić information content (AvgIpc) is 2.61. The number of ether oxygens (including phenoxy) is 1. The number of nitrogens with zero attached hydrogens (tertiary/aromatic N) is 1. The third-order valence-electron chi connectivity index (χ3n) is 1.74. The van der Waals surface area contributed by atoms with Gasteiger partial charge in [0.15, 0.2) is 5.58 Å². The lowest BCUT2D eigenvalue weighted by Gasteiger charge is -1.97. The van der Waals surface area contributed by atoms with Crippen LogP contribution in [0.25, 0.3) is 11.0 Å². The van der Waals surface area contributed by atoms with E-state index in [4.69, 9.17) is 4.52 Å². The summed E-state index contributed by atoms with van der Waals surface area (Å²) < 4.78 is 9.53. The van der Waals surface area contributed by atoms with Crippen LogP contribution in [0.2, 0.25) is 0 Å². The zero-order chi connectivity index (χ0) is 9.10. The number of hydrogen-bond donors (Lipinski definition) is 0. The van der Waals surface area contributed by atoms with Crippen LogP contribution in [0.1, 0.15) is 5.56 Å². The van der Waals surface area contributed by atoms with E-state index in [-0.39, 0.29) is 6.61 Å². The maximum absolute atomic E-state index is 9.94. The standard InChI is InChI=1S/C9H7NO3/c11-6-12-5-7-1-2-9-8(3-7)4-10-13-9/h1-4,6H,5H2. The van der Waals surface area contributed by atoms with E-state index in [0.29, 0.717) is 6.47 Å². The molecule has 0 radical (unpaired) electrons. The van der Waals surface area contributed by atoms with Crippen molar-refractivity contribution >= 4 is 17.4 Å². The van der Waals surface area contributed by atoms with E-state index in [1.165, 1.54) is 0 Å². The second-order valence-electron chi connectivity index (χ2n) is 2.61. The lowest BCUT2D eigenvalue weighted by atomic mass is 10.2. The Morgan fingerprint density at radius 3 is 3.31 bits per heavy atom. The molecule has 0 saturated heterocycles. The first-order valence-corrected chi connectivity index (χ1v) is 3.79. The van der Waals surface area contributed by atoms with Crippen molar-refractivity contribution in [3.05, 3.63) is 30.0 Å². The van der Waals surface area contributed by atoms with Gasteiger partial charge < -0.3 is 9.26 Å². The minimum absolute atomic E-state index is 0.282. The molecule has 66 valence electrons. The van der Waals surface area contributed by atoms with Crippen LogP contribution in [0.5, 0.6) is 0 Å². The molecule has 1 aromatic heterocycles.